The van der Waals surface area contributed by atoms with Gasteiger partial charge in [0.2, 0.25) is 0 Å². The average Bonchev–Trinajstić information content (AvgIpc) is 2.17. The largest absolute Gasteiger partial charge is 0.393 e. The minimum Gasteiger partial charge on any atom is -0.393 e. The summed E-state index contributed by atoms with van der Waals surface area (Å²) in [5, 5.41) is 0. The topological polar surface area (TPSA) is 21.7 Å². The second-order valence-electron chi connectivity index (χ2n) is 6.07. The van der Waals surface area contributed by atoms with E-state index in [1.807, 2.05) is 0 Å². The van der Waals surface area contributed by atoms with Crippen molar-refractivity contribution in [2.24, 2.45) is 5.41 Å². The van der Waals surface area contributed by atoms with Crippen LogP contribution < -0.4 is 0 Å². The van der Waals surface area contributed by atoms with Crippen molar-refractivity contribution in [1.82, 2.24) is 4.90 Å². The fraction of sp³-hybridized carbons (Fsp3) is 1.00. The molecule has 0 aromatic heterocycles. The van der Waals surface area contributed by atoms with Gasteiger partial charge in [-0.25, -0.2) is 0 Å². The molecule has 4 heteroatoms. The molecule has 0 aliphatic carbocycles. The summed E-state index contributed by atoms with van der Waals surface area (Å²) in [6.07, 6.45) is 0. The first-order valence-electron chi connectivity index (χ1n) is 6.24. The lowest BCUT2D eigenvalue weighted by Crippen LogP contribution is -2.55. The van der Waals surface area contributed by atoms with Crippen LogP contribution in [0.3, 0.4) is 0 Å². The first-order chi connectivity index (χ1) is 7.31. The van der Waals surface area contributed by atoms with Crippen LogP contribution in [0.1, 0.15) is 27.7 Å². The van der Waals surface area contributed by atoms with Crippen LogP contribution in [0.5, 0.6) is 0 Å². The normalized spacial score (nSPS) is 25.7. The SMILES string of the molecule is CC[Si]1(C(C)CN(C)C)OCC(C)(C)CO1. The van der Waals surface area contributed by atoms with Crippen molar-refractivity contribution in [3.8, 4) is 0 Å². The van der Waals surface area contributed by atoms with E-state index >= 15 is 0 Å². The van der Waals surface area contributed by atoms with E-state index in [9.17, 15) is 0 Å². The molecular weight excluding hydrogens is 218 g/mol. The van der Waals surface area contributed by atoms with E-state index in [1.54, 1.807) is 0 Å². The third-order valence-corrected chi connectivity index (χ3v) is 7.23. The molecule has 0 bridgehead atoms. The first-order valence-corrected chi connectivity index (χ1v) is 8.34. The van der Waals surface area contributed by atoms with Gasteiger partial charge in [-0.1, -0.05) is 27.7 Å². The predicted octanol–water partition coefficient (Wildman–Crippen LogP) is 2.47. The van der Waals surface area contributed by atoms with Gasteiger partial charge in [0.15, 0.2) is 0 Å². The molecule has 0 aromatic rings. The second-order valence-corrected chi connectivity index (χ2v) is 9.96. The molecule has 16 heavy (non-hydrogen) atoms. The minimum absolute atomic E-state index is 0.184. The van der Waals surface area contributed by atoms with Crippen molar-refractivity contribution in [3.63, 3.8) is 0 Å². The van der Waals surface area contributed by atoms with Crippen LogP contribution >= 0.6 is 0 Å². The van der Waals surface area contributed by atoms with E-state index in [2.05, 4.69) is 46.7 Å². The molecule has 1 atom stereocenters. The zero-order chi connectivity index (χ0) is 12.4. The fourth-order valence-electron chi connectivity index (χ4n) is 2.24. The Morgan fingerprint density at radius 3 is 2.12 bits per heavy atom. The van der Waals surface area contributed by atoms with Crippen molar-refractivity contribution < 1.29 is 8.85 Å². The second kappa shape index (κ2) is 5.17. The van der Waals surface area contributed by atoms with E-state index in [0.29, 0.717) is 5.54 Å². The maximum atomic E-state index is 6.18. The predicted molar refractivity (Wildman–Crippen MR) is 69.9 cm³/mol. The summed E-state index contributed by atoms with van der Waals surface area (Å²) in [5.41, 5.74) is 0.715. The van der Waals surface area contributed by atoms with Gasteiger partial charge in [0, 0.05) is 30.7 Å². The highest BCUT2D eigenvalue weighted by Crippen LogP contribution is 2.36. The third-order valence-electron chi connectivity index (χ3n) is 3.30. The monoisotopic (exact) mass is 245 g/mol. The Morgan fingerprint density at radius 1 is 1.25 bits per heavy atom. The Balaban J connectivity index is 2.65. The molecule has 0 radical (unpaired) electrons. The highest BCUT2D eigenvalue weighted by Gasteiger charge is 2.47. The van der Waals surface area contributed by atoms with Gasteiger partial charge >= 0.3 is 8.56 Å². The molecule has 96 valence electrons. The van der Waals surface area contributed by atoms with Crippen molar-refractivity contribution in [3.05, 3.63) is 0 Å². The zero-order valence-corrected chi connectivity index (χ0v) is 12.7. The van der Waals surface area contributed by atoms with E-state index in [0.717, 1.165) is 25.8 Å². The lowest BCUT2D eigenvalue weighted by molar-refractivity contribution is 0.00589. The molecule has 0 aromatic carbocycles. The van der Waals surface area contributed by atoms with Crippen molar-refractivity contribution in [2.45, 2.75) is 39.3 Å². The molecule has 1 heterocycles. The molecule has 1 aliphatic heterocycles. The van der Waals surface area contributed by atoms with Crippen LogP contribution in [0.15, 0.2) is 0 Å². The first kappa shape index (κ1) is 14.2. The molecule has 0 spiro atoms. The summed E-state index contributed by atoms with van der Waals surface area (Å²) in [6, 6.07) is 1.05. The van der Waals surface area contributed by atoms with Crippen molar-refractivity contribution >= 4 is 8.56 Å². The maximum Gasteiger partial charge on any atom is 0.342 e. The molecule has 1 rings (SSSR count). The van der Waals surface area contributed by atoms with Gasteiger partial charge in [-0.3, -0.25) is 0 Å². The summed E-state index contributed by atoms with van der Waals surface area (Å²) >= 11 is 0. The zero-order valence-electron chi connectivity index (χ0n) is 11.7. The van der Waals surface area contributed by atoms with Gasteiger partial charge in [0.05, 0.1) is 0 Å². The van der Waals surface area contributed by atoms with Crippen LogP contribution in [0, 0.1) is 5.41 Å². The van der Waals surface area contributed by atoms with Crippen LogP contribution in [-0.4, -0.2) is 47.3 Å². The van der Waals surface area contributed by atoms with E-state index in [-0.39, 0.29) is 5.41 Å². The number of rotatable bonds is 4. The van der Waals surface area contributed by atoms with Crippen molar-refractivity contribution in [2.75, 3.05) is 33.9 Å². The van der Waals surface area contributed by atoms with E-state index in [4.69, 9.17) is 8.85 Å². The van der Waals surface area contributed by atoms with Crippen LogP contribution in [0.2, 0.25) is 11.6 Å². The smallest absolute Gasteiger partial charge is 0.342 e. The number of hydrogen-bond donors (Lipinski definition) is 0. The summed E-state index contributed by atoms with van der Waals surface area (Å²) in [5.74, 6) is 0. The Hall–Kier alpha value is 0.0969. The Bertz CT molecular complexity index is 221. The summed E-state index contributed by atoms with van der Waals surface area (Å²) in [6.45, 7) is 11.6. The average molecular weight is 245 g/mol. The summed E-state index contributed by atoms with van der Waals surface area (Å²) in [4.78, 5) is 2.22. The molecular formula is C12H27NO2Si. The molecule has 3 nitrogen and oxygen atoms in total. The molecule has 1 aliphatic rings. The van der Waals surface area contributed by atoms with Crippen molar-refractivity contribution in [1.29, 1.82) is 0 Å². The quantitative estimate of drug-likeness (QED) is 0.710. The van der Waals surface area contributed by atoms with Crippen LogP contribution in [0.4, 0.5) is 0 Å². The molecule has 0 saturated carbocycles. The molecule has 1 saturated heterocycles. The summed E-state index contributed by atoms with van der Waals surface area (Å²) < 4.78 is 12.4. The van der Waals surface area contributed by atoms with Gasteiger partial charge in [-0.05, 0) is 20.1 Å². The van der Waals surface area contributed by atoms with E-state index in [1.165, 1.54) is 0 Å². The minimum atomic E-state index is -1.95. The Labute approximate surface area is 101 Å². The molecule has 1 fully saturated rings. The lowest BCUT2D eigenvalue weighted by Gasteiger charge is -2.44. The van der Waals surface area contributed by atoms with E-state index < -0.39 is 8.56 Å². The lowest BCUT2D eigenvalue weighted by atomic mass is 9.97. The highest BCUT2D eigenvalue weighted by molar-refractivity contribution is 6.69. The maximum absolute atomic E-state index is 6.18. The van der Waals surface area contributed by atoms with Gasteiger partial charge in [0.1, 0.15) is 0 Å². The molecule has 1 unspecified atom stereocenters. The Morgan fingerprint density at radius 2 is 1.75 bits per heavy atom. The Kier molecular flexibility index (Phi) is 4.57. The van der Waals surface area contributed by atoms with Gasteiger partial charge in [-0.2, -0.15) is 0 Å². The van der Waals surface area contributed by atoms with Crippen LogP contribution in [-0.2, 0) is 8.85 Å². The highest BCUT2D eigenvalue weighted by atomic mass is 28.4. The standard InChI is InChI=1S/C12H27NO2Si/c1-7-16(11(2)8-13(5)6)14-9-12(3,4)10-15-16/h11H,7-10H2,1-6H3. The number of nitrogens with zero attached hydrogens (tertiary/aromatic N) is 1. The fourth-order valence-corrected chi connectivity index (χ4v) is 5.91. The summed E-state index contributed by atoms with van der Waals surface area (Å²) in [7, 11) is 2.27. The molecule has 0 amide bonds. The third kappa shape index (κ3) is 3.29. The van der Waals surface area contributed by atoms with Gasteiger partial charge in [0.25, 0.3) is 0 Å². The molecule has 0 N–H and O–H groups in total. The van der Waals surface area contributed by atoms with Crippen LogP contribution in [0.25, 0.3) is 0 Å². The number of hydrogen-bond acceptors (Lipinski definition) is 3. The van der Waals surface area contributed by atoms with Gasteiger partial charge in [-0.15, -0.1) is 0 Å². The van der Waals surface area contributed by atoms with Gasteiger partial charge < -0.3 is 13.8 Å².